The fourth-order valence-corrected chi connectivity index (χ4v) is 1.82. The van der Waals surface area contributed by atoms with Crippen LogP contribution in [0.15, 0.2) is 18.2 Å². The van der Waals surface area contributed by atoms with Gasteiger partial charge in [-0.3, -0.25) is 4.79 Å². The van der Waals surface area contributed by atoms with E-state index in [9.17, 15) is 18.0 Å². The SMILES string of the molecule is COc1cc(CCC(=O)NCC(C)(C)N)ccc1OCC(F)(F)F.Cl. The van der Waals surface area contributed by atoms with Crippen LogP contribution in [0.1, 0.15) is 25.8 Å². The number of nitrogens with two attached hydrogens (primary N) is 1. The van der Waals surface area contributed by atoms with Gasteiger partial charge in [0.2, 0.25) is 5.91 Å². The summed E-state index contributed by atoms with van der Waals surface area (Å²) in [6.07, 6.45) is -3.76. The minimum atomic E-state index is -4.42. The quantitative estimate of drug-likeness (QED) is 0.722. The summed E-state index contributed by atoms with van der Waals surface area (Å²) in [5.41, 5.74) is 6.05. The van der Waals surface area contributed by atoms with E-state index in [1.807, 2.05) is 0 Å². The molecule has 0 bridgehead atoms. The topological polar surface area (TPSA) is 73.6 Å². The molecule has 0 saturated carbocycles. The molecule has 25 heavy (non-hydrogen) atoms. The number of benzene rings is 1. The Hall–Kier alpha value is -1.67. The number of carbonyl (C=O) groups is 1. The molecule has 1 amide bonds. The number of nitrogens with one attached hydrogen (secondary N) is 1. The van der Waals surface area contributed by atoms with Crippen LogP contribution in [-0.4, -0.2) is 37.9 Å². The lowest BCUT2D eigenvalue weighted by atomic mass is 10.1. The van der Waals surface area contributed by atoms with E-state index in [-0.39, 0.29) is 36.2 Å². The van der Waals surface area contributed by atoms with Gasteiger partial charge in [-0.05, 0) is 38.0 Å². The molecule has 0 aliphatic heterocycles. The zero-order chi connectivity index (χ0) is 18.4. The molecule has 0 atom stereocenters. The summed E-state index contributed by atoms with van der Waals surface area (Å²) < 4.78 is 46.4. The van der Waals surface area contributed by atoms with Gasteiger partial charge in [0.25, 0.3) is 0 Å². The number of hydrogen-bond acceptors (Lipinski definition) is 4. The van der Waals surface area contributed by atoms with Crippen LogP contribution in [0, 0.1) is 0 Å². The van der Waals surface area contributed by atoms with Gasteiger partial charge in [0.1, 0.15) is 0 Å². The molecule has 0 unspecified atom stereocenters. The van der Waals surface area contributed by atoms with E-state index in [0.29, 0.717) is 13.0 Å². The first-order valence-electron chi connectivity index (χ1n) is 7.42. The van der Waals surface area contributed by atoms with Gasteiger partial charge in [-0.25, -0.2) is 0 Å². The van der Waals surface area contributed by atoms with Crippen molar-refractivity contribution in [3.8, 4) is 11.5 Å². The van der Waals surface area contributed by atoms with Crippen molar-refractivity contribution in [3.63, 3.8) is 0 Å². The highest BCUT2D eigenvalue weighted by Crippen LogP contribution is 2.30. The van der Waals surface area contributed by atoms with Gasteiger partial charge in [0.15, 0.2) is 18.1 Å². The molecule has 1 rings (SSSR count). The molecule has 1 aromatic rings. The Kier molecular flexibility index (Phi) is 9.07. The average Bonchev–Trinajstić information content (AvgIpc) is 2.47. The molecule has 5 nitrogen and oxygen atoms in total. The standard InChI is InChI=1S/C16H23F3N2O3.ClH/c1-15(2,20)9-21-14(22)7-5-11-4-6-12(13(8-11)23-3)24-10-16(17,18)19;/h4,6,8H,5,7,9-10,20H2,1-3H3,(H,21,22);1H. The summed E-state index contributed by atoms with van der Waals surface area (Å²) >= 11 is 0. The largest absolute Gasteiger partial charge is 0.493 e. The molecule has 0 spiro atoms. The van der Waals surface area contributed by atoms with Crippen LogP contribution < -0.4 is 20.5 Å². The van der Waals surface area contributed by atoms with Crippen LogP contribution in [0.25, 0.3) is 0 Å². The first-order valence-corrected chi connectivity index (χ1v) is 7.42. The molecule has 0 aliphatic carbocycles. The maximum absolute atomic E-state index is 12.2. The Morgan fingerprint density at radius 2 is 1.88 bits per heavy atom. The second-order valence-corrected chi connectivity index (χ2v) is 6.15. The number of rotatable bonds is 8. The molecule has 0 radical (unpaired) electrons. The molecule has 9 heteroatoms. The third kappa shape index (κ3) is 10.0. The van der Waals surface area contributed by atoms with Crippen LogP contribution in [0.3, 0.4) is 0 Å². The first-order chi connectivity index (χ1) is 11.0. The van der Waals surface area contributed by atoms with Gasteiger partial charge in [-0.15, -0.1) is 12.4 Å². The highest BCUT2D eigenvalue weighted by Gasteiger charge is 2.29. The molecule has 0 aliphatic rings. The summed E-state index contributed by atoms with van der Waals surface area (Å²) in [5.74, 6) is 0.0537. The van der Waals surface area contributed by atoms with Crippen LogP contribution in [0.5, 0.6) is 11.5 Å². The Morgan fingerprint density at radius 1 is 1.24 bits per heavy atom. The molecule has 0 heterocycles. The van der Waals surface area contributed by atoms with Crippen LogP contribution in [-0.2, 0) is 11.2 Å². The Morgan fingerprint density at radius 3 is 2.40 bits per heavy atom. The minimum Gasteiger partial charge on any atom is -0.493 e. The summed E-state index contributed by atoms with van der Waals surface area (Å²) in [7, 11) is 1.34. The summed E-state index contributed by atoms with van der Waals surface area (Å²) in [4.78, 5) is 11.7. The number of methoxy groups -OCH3 is 1. The lowest BCUT2D eigenvalue weighted by Gasteiger charge is -2.18. The monoisotopic (exact) mass is 384 g/mol. The van der Waals surface area contributed by atoms with Gasteiger partial charge in [-0.2, -0.15) is 13.2 Å². The number of hydrogen-bond donors (Lipinski definition) is 2. The Labute approximate surface area is 151 Å². The lowest BCUT2D eigenvalue weighted by molar-refractivity contribution is -0.153. The van der Waals surface area contributed by atoms with Crippen molar-refractivity contribution >= 4 is 18.3 Å². The average molecular weight is 385 g/mol. The first kappa shape index (κ1) is 23.3. The Bertz CT molecular complexity index is 561. The zero-order valence-corrected chi connectivity index (χ0v) is 15.2. The second-order valence-electron chi connectivity index (χ2n) is 6.15. The zero-order valence-electron chi connectivity index (χ0n) is 14.4. The summed E-state index contributed by atoms with van der Waals surface area (Å²) in [6.45, 7) is 2.58. The molecule has 0 saturated heterocycles. The lowest BCUT2D eigenvalue weighted by Crippen LogP contribution is -2.45. The number of alkyl halides is 3. The van der Waals surface area contributed by atoms with Crippen molar-refractivity contribution in [1.29, 1.82) is 0 Å². The van der Waals surface area contributed by atoms with Gasteiger partial charge < -0.3 is 20.5 Å². The van der Waals surface area contributed by atoms with Crippen LogP contribution >= 0.6 is 12.4 Å². The van der Waals surface area contributed by atoms with Crippen molar-refractivity contribution in [2.75, 3.05) is 20.3 Å². The molecule has 1 aromatic carbocycles. The molecule has 144 valence electrons. The van der Waals surface area contributed by atoms with Crippen molar-refractivity contribution in [1.82, 2.24) is 5.32 Å². The summed E-state index contributed by atoms with van der Waals surface area (Å²) in [6, 6.07) is 4.57. The predicted octanol–water partition coefficient (Wildman–Crippen LogP) is 2.84. The molecule has 0 fully saturated rings. The molecular formula is C16H24ClF3N2O3. The number of ether oxygens (including phenoxy) is 2. The fraction of sp³-hybridized carbons (Fsp3) is 0.562. The third-order valence-electron chi connectivity index (χ3n) is 3.00. The van der Waals surface area contributed by atoms with Crippen molar-refractivity contribution < 1.29 is 27.4 Å². The maximum Gasteiger partial charge on any atom is 0.422 e. The maximum atomic E-state index is 12.2. The smallest absolute Gasteiger partial charge is 0.422 e. The normalized spacial score (nSPS) is 11.5. The summed E-state index contributed by atoms with van der Waals surface area (Å²) in [5, 5.41) is 2.72. The molecule has 3 N–H and O–H groups in total. The van der Waals surface area contributed by atoms with Gasteiger partial charge in [-0.1, -0.05) is 6.07 Å². The number of carbonyl (C=O) groups excluding carboxylic acids is 1. The van der Waals surface area contributed by atoms with Crippen molar-refractivity contribution in [2.24, 2.45) is 5.73 Å². The predicted molar refractivity (Wildman–Crippen MR) is 91.4 cm³/mol. The van der Waals surface area contributed by atoms with E-state index >= 15 is 0 Å². The van der Waals surface area contributed by atoms with E-state index in [2.05, 4.69) is 5.32 Å². The molecular weight excluding hydrogens is 361 g/mol. The van der Waals surface area contributed by atoms with Gasteiger partial charge >= 0.3 is 6.18 Å². The van der Waals surface area contributed by atoms with E-state index in [1.165, 1.54) is 13.2 Å². The Balaban J connectivity index is 0.00000576. The van der Waals surface area contributed by atoms with E-state index in [4.69, 9.17) is 15.2 Å². The third-order valence-corrected chi connectivity index (χ3v) is 3.00. The van der Waals surface area contributed by atoms with Gasteiger partial charge in [0, 0.05) is 18.5 Å². The minimum absolute atomic E-state index is 0. The second kappa shape index (κ2) is 9.72. The van der Waals surface area contributed by atoms with Gasteiger partial charge in [0.05, 0.1) is 7.11 Å². The fourth-order valence-electron chi connectivity index (χ4n) is 1.82. The van der Waals surface area contributed by atoms with Crippen LogP contribution in [0.4, 0.5) is 13.2 Å². The van der Waals surface area contributed by atoms with E-state index in [0.717, 1.165) is 5.56 Å². The number of aryl methyl sites for hydroxylation is 1. The number of halogens is 4. The van der Waals surface area contributed by atoms with Crippen molar-refractivity contribution in [2.45, 2.75) is 38.4 Å². The van der Waals surface area contributed by atoms with E-state index in [1.54, 1.807) is 26.0 Å². The highest BCUT2D eigenvalue weighted by molar-refractivity contribution is 5.85. The highest BCUT2D eigenvalue weighted by atomic mass is 35.5. The van der Waals surface area contributed by atoms with Crippen molar-refractivity contribution in [3.05, 3.63) is 23.8 Å². The van der Waals surface area contributed by atoms with Crippen LogP contribution in [0.2, 0.25) is 0 Å². The molecule has 0 aromatic heterocycles. The number of amides is 1. The van der Waals surface area contributed by atoms with E-state index < -0.39 is 18.3 Å².